The summed E-state index contributed by atoms with van der Waals surface area (Å²) in [5, 5.41) is 6.85. The zero-order valence-electron chi connectivity index (χ0n) is 10.3. The number of hydrogen-bond acceptors (Lipinski definition) is 4. The smallest absolute Gasteiger partial charge is 0.244 e. The van der Waals surface area contributed by atoms with E-state index in [1.807, 2.05) is 12.1 Å². The molecule has 6 nitrogen and oxygen atoms in total. The number of benzene rings is 1. The summed E-state index contributed by atoms with van der Waals surface area (Å²) in [7, 11) is 1.59. The fourth-order valence-corrected chi connectivity index (χ4v) is 1.60. The SMILES string of the molecule is CNC(=O)C(C)n1cnc(-c2cccc(N)c2)n1. The van der Waals surface area contributed by atoms with E-state index in [-0.39, 0.29) is 5.91 Å². The van der Waals surface area contributed by atoms with Gasteiger partial charge in [0.2, 0.25) is 5.91 Å². The van der Waals surface area contributed by atoms with Crippen LogP contribution in [-0.2, 0) is 4.79 Å². The van der Waals surface area contributed by atoms with Gasteiger partial charge in [-0.25, -0.2) is 9.67 Å². The molecular formula is C12H15N5O. The molecule has 0 aliphatic carbocycles. The van der Waals surface area contributed by atoms with Gasteiger partial charge in [-0.2, -0.15) is 5.10 Å². The molecule has 0 aliphatic rings. The summed E-state index contributed by atoms with van der Waals surface area (Å²) in [5.74, 6) is 0.442. The van der Waals surface area contributed by atoms with Crippen LogP contribution in [0.2, 0.25) is 0 Å². The van der Waals surface area contributed by atoms with E-state index in [4.69, 9.17) is 5.73 Å². The standard InChI is InChI=1S/C12H15N5O/c1-8(12(18)14-2)17-7-15-11(16-17)9-4-3-5-10(13)6-9/h3-8H,13H2,1-2H3,(H,14,18). The van der Waals surface area contributed by atoms with Crippen LogP contribution in [0.5, 0.6) is 0 Å². The topological polar surface area (TPSA) is 85.8 Å². The van der Waals surface area contributed by atoms with Gasteiger partial charge in [0.25, 0.3) is 0 Å². The molecule has 1 heterocycles. The van der Waals surface area contributed by atoms with Gasteiger partial charge in [0.1, 0.15) is 12.4 Å². The van der Waals surface area contributed by atoms with Crippen molar-refractivity contribution in [1.82, 2.24) is 20.1 Å². The van der Waals surface area contributed by atoms with Crippen molar-refractivity contribution in [2.24, 2.45) is 0 Å². The first kappa shape index (κ1) is 12.1. The van der Waals surface area contributed by atoms with E-state index < -0.39 is 6.04 Å². The highest BCUT2D eigenvalue weighted by molar-refractivity contribution is 5.79. The number of nitrogens with two attached hydrogens (primary N) is 1. The van der Waals surface area contributed by atoms with Crippen LogP contribution in [0.25, 0.3) is 11.4 Å². The second-order valence-electron chi connectivity index (χ2n) is 3.96. The molecule has 1 unspecified atom stereocenters. The van der Waals surface area contributed by atoms with Crippen molar-refractivity contribution in [3.05, 3.63) is 30.6 Å². The third-order valence-corrected chi connectivity index (χ3v) is 2.68. The minimum atomic E-state index is -0.391. The highest BCUT2D eigenvalue weighted by Gasteiger charge is 2.15. The van der Waals surface area contributed by atoms with Crippen LogP contribution >= 0.6 is 0 Å². The molecule has 6 heteroatoms. The predicted molar refractivity (Wildman–Crippen MR) is 68.6 cm³/mol. The Balaban J connectivity index is 2.28. The molecule has 1 amide bonds. The van der Waals surface area contributed by atoms with Gasteiger partial charge in [-0.05, 0) is 19.1 Å². The van der Waals surface area contributed by atoms with Gasteiger partial charge in [-0.15, -0.1) is 0 Å². The van der Waals surface area contributed by atoms with Crippen molar-refractivity contribution in [1.29, 1.82) is 0 Å². The molecule has 0 bridgehead atoms. The van der Waals surface area contributed by atoms with Crippen LogP contribution in [0.3, 0.4) is 0 Å². The summed E-state index contributed by atoms with van der Waals surface area (Å²) in [6, 6.07) is 6.92. The fraction of sp³-hybridized carbons (Fsp3) is 0.250. The Morgan fingerprint density at radius 2 is 2.28 bits per heavy atom. The summed E-state index contributed by atoms with van der Waals surface area (Å²) in [6.07, 6.45) is 1.54. The fourth-order valence-electron chi connectivity index (χ4n) is 1.60. The first-order valence-electron chi connectivity index (χ1n) is 5.60. The first-order valence-corrected chi connectivity index (χ1v) is 5.60. The number of nitrogens with one attached hydrogen (secondary N) is 1. The Morgan fingerprint density at radius 1 is 1.50 bits per heavy atom. The van der Waals surface area contributed by atoms with Crippen molar-refractivity contribution in [2.45, 2.75) is 13.0 Å². The van der Waals surface area contributed by atoms with E-state index in [0.29, 0.717) is 11.5 Å². The lowest BCUT2D eigenvalue weighted by atomic mass is 10.2. The Bertz CT molecular complexity index is 563. The normalized spacial score (nSPS) is 12.1. The van der Waals surface area contributed by atoms with Gasteiger partial charge >= 0.3 is 0 Å². The minimum absolute atomic E-state index is 0.112. The third-order valence-electron chi connectivity index (χ3n) is 2.68. The number of aromatic nitrogens is 3. The van der Waals surface area contributed by atoms with E-state index >= 15 is 0 Å². The second-order valence-corrected chi connectivity index (χ2v) is 3.96. The number of anilines is 1. The summed E-state index contributed by atoms with van der Waals surface area (Å²) in [4.78, 5) is 15.7. The van der Waals surface area contributed by atoms with E-state index in [0.717, 1.165) is 5.56 Å². The summed E-state index contributed by atoms with van der Waals surface area (Å²) in [5.41, 5.74) is 7.19. The number of hydrogen-bond donors (Lipinski definition) is 2. The van der Waals surface area contributed by atoms with Crippen molar-refractivity contribution < 1.29 is 4.79 Å². The molecule has 2 rings (SSSR count). The Kier molecular flexibility index (Phi) is 3.27. The number of carbonyl (C=O) groups excluding carboxylic acids is 1. The van der Waals surface area contributed by atoms with Crippen LogP contribution in [0.15, 0.2) is 30.6 Å². The van der Waals surface area contributed by atoms with E-state index in [9.17, 15) is 4.79 Å². The Morgan fingerprint density at radius 3 is 2.94 bits per heavy atom. The van der Waals surface area contributed by atoms with Crippen LogP contribution in [0.1, 0.15) is 13.0 Å². The number of amides is 1. The minimum Gasteiger partial charge on any atom is -0.399 e. The average Bonchev–Trinajstić information content (AvgIpc) is 2.86. The molecule has 94 valence electrons. The van der Waals surface area contributed by atoms with Gasteiger partial charge in [-0.1, -0.05) is 12.1 Å². The lowest BCUT2D eigenvalue weighted by Gasteiger charge is -2.08. The highest BCUT2D eigenvalue weighted by Crippen LogP contribution is 2.18. The molecule has 1 atom stereocenters. The first-order chi connectivity index (χ1) is 8.61. The molecule has 0 saturated carbocycles. The van der Waals surface area contributed by atoms with Gasteiger partial charge in [0.05, 0.1) is 0 Å². The molecule has 3 N–H and O–H groups in total. The molecular weight excluding hydrogens is 230 g/mol. The van der Waals surface area contributed by atoms with Crippen molar-refractivity contribution in [3.8, 4) is 11.4 Å². The van der Waals surface area contributed by atoms with Crippen LogP contribution in [-0.4, -0.2) is 27.7 Å². The van der Waals surface area contributed by atoms with Crippen LogP contribution in [0, 0.1) is 0 Å². The van der Waals surface area contributed by atoms with Gasteiger partial charge in [0, 0.05) is 18.3 Å². The lowest BCUT2D eigenvalue weighted by Crippen LogP contribution is -2.28. The highest BCUT2D eigenvalue weighted by atomic mass is 16.2. The molecule has 1 aromatic heterocycles. The molecule has 0 spiro atoms. The summed E-state index contributed by atoms with van der Waals surface area (Å²) in [6.45, 7) is 1.76. The van der Waals surface area contributed by atoms with Crippen molar-refractivity contribution in [2.75, 3.05) is 12.8 Å². The lowest BCUT2D eigenvalue weighted by molar-refractivity contribution is -0.123. The predicted octanol–water partition coefficient (Wildman–Crippen LogP) is 0.834. The van der Waals surface area contributed by atoms with Crippen LogP contribution in [0.4, 0.5) is 5.69 Å². The molecule has 1 aromatic carbocycles. The zero-order chi connectivity index (χ0) is 13.1. The third kappa shape index (κ3) is 2.32. The quantitative estimate of drug-likeness (QED) is 0.784. The Hall–Kier alpha value is -2.37. The molecule has 2 aromatic rings. The summed E-state index contributed by atoms with van der Waals surface area (Å²) < 4.78 is 1.53. The maximum absolute atomic E-state index is 11.5. The number of carbonyl (C=O) groups is 1. The van der Waals surface area contributed by atoms with Crippen molar-refractivity contribution >= 4 is 11.6 Å². The van der Waals surface area contributed by atoms with E-state index in [1.54, 1.807) is 32.4 Å². The van der Waals surface area contributed by atoms with Crippen LogP contribution < -0.4 is 11.1 Å². The molecule has 0 saturated heterocycles. The maximum Gasteiger partial charge on any atom is 0.244 e. The zero-order valence-corrected chi connectivity index (χ0v) is 10.3. The molecule has 0 aliphatic heterocycles. The number of rotatable bonds is 3. The van der Waals surface area contributed by atoms with E-state index in [1.165, 1.54) is 4.68 Å². The second kappa shape index (κ2) is 4.87. The largest absolute Gasteiger partial charge is 0.399 e. The monoisotopic (exact) mass is 245 g/mol. The molecule has 0 radical (unpaired) electrons. The molecule has 18 heavy (non-hydrogen) atoms. The average molecular weight is 245 g/mol. The van der Waals surface area contributed by atoms with Gasteiger partial charge < -0.3 is 11.1 Å². The number of nitrogens with zero attached hydrogens (tertiary/aromatic N) is 3. The Labute approximate surface area is 105 Å². The van der Waals surface area contributed by atoms with Crippen molar-refractivity contribution in [3.63, 3.8) is 0 Å². The van der Waals surface area contributed by atoms with Gasteiger partial charge in [-0.3, -0.25) is 4.79 Å². The van der Waals surface area contributed by atoms with Gasteiger partial charge in [0.15, 0.2) is 5.82 Å². The van der Waals surface area contributed by atoms with E-state index in [2.05, 4.69) is 15.4 Å². The molecule has 0 fully saturated rings. The summed E-state index contributed by atoms with van der Waals surface area (Å²) >= 11 is 0. The number of nitrogen functional groups attached to an aromatic ring is 1. The number of likely N-dealkylation sites (N-methyl/N-ethyl adjacent to an activating group) is 1. The maximum atomic E-state index is 11.5.